The molecule has 32 heavy (non-hydrogen) atoms. The number of nitrogens with one attached hydrogen (secondary N) is 1. The average molecular weight is 487 g/mol. The Morgan fingerprint density at radius 1 is 1.16 bits per heavy atom. The molecule has 2 rings (SSSR count). The Hall–Kier alpha value is -2.42. The standard InChI is InChI=1S/C21H25F3N3O3PS/c1-5-19(21(22,23)24)20(15-7-6-8-18(13-15)32(25,29)30)27-14(2)26-16-9-11-17(12-10-16)31(3,4)28/h5-14,26H,1-4H3,(H2,25,29,30)/b19-5+,27-20-. The van der Waals surface area contributed by atoms with Crippen LogP contribution in [0.2, 0.25) is 0 Å². The van der Waals surface area contributed by atoms with E-state index < -0.39 is 40.8 Å². The zero-order chi connectivity index (χ0) is 24.3. The largest absolute Gasteiger partial charge is 0.418 e. The van der Waals surface area contributed by atoms with Gasteiger partial charge in [0.1, 0.15) is 13.3 Å². The van der Waals surface area contributed by atoms with E-state index in [9.17, 15) is 26.2 Å². The summed E-state index contributed by atoms with van der Waals surface area (Å²) in [6.45, 7) is 6.07. The average Bonchev–Trinajstić information content (AvgIpc) is 2.66. The van der Waals surface area contributed by atoms with Crippen LogP contribution in [-0.4, -0.2) is 39.8 Å². The Morgan fingerprint density at radius 3 is 2.22 bits per heavy atom. The van der Waals surface area contributed by atoms with Gasteiger partial charge in [-0.1, -0.05) is 18.2 Å². The lowest BCUT2D eigenvalue weighted by atomic mass is 10.0. The van der Waals surface area contributed by atoms with Crippen molar-refractivity contribution in [2.75, 3.05) is 18.6 Å². The van der Waals surface area contributed by atoms with Crippen LogP contribution in [0.25, 0.3) is 0 Å². The Bertz CT molecular complexity index is 1180. The van der Waals surface area contributed by atoms with Crippen LogP contribution in [0.4, 0.5) is 18.9 Å². The number of hydrogen-bond acceptors (Lipinski definition) is 5. The van der Waals surface area contributed by atoms with Crippen LogP contribution in [-0.2, 0) is 14.6 Å². The van der Waals surface area contributed by atoms with Crippen molar-refractivity contribution in [3.63, 3.8) is 0 Å². The molecule has 2 aromatic rings. The summed E-state index contributed by atoms with van der Waals surface area (Å²) in [6.07, 6.45) is -4.64. The monoisotopic (exact) mass is 487 g/mol. The van der Waals surface area contributed by atoms with Crippen LogP contribution in [0.5, 0.6) is 0 Å². The number of alkyl halides is 3. The molecule has 0 amide bonds. The van der Waals surface area contributed by atoms with E-state index >= 15 is 0 Å². The minimum atomic E-state index is -4.71. The van der Waals surface area contributed by atoms with Crippen molar-refractivity contribution in [1.29, 1.82) is 0 Å². The summed E-state index contributed by atoms with van der Waals surface area (Å²) in [6, 6.07) is 11.6. The van der Waals surface area contributed by atoms with E-state index in [0.717, 1.165) is 12.1 Å². The van der Waals surface area contributed by atoms with Gasteiger partial charge < -0.3 is 9.88 Å². The molecule has 0 aliphatic rings. The number of allylic oxidation sites excluding steroid dienone is 2. The number of hydrogen-bond donors (Lipinski definition) is 2. The Labute approximate surface area is 185 Å². The molecule has 0 saturated heterocycles. The maximum absolute atomic E-state index is 13.7. The fraction of sp³-hybridized carbons (Fsp3) is 0.286. The molecule has 11 heteroatoms. The maximum Gasteiger partial charge on any atom is 0.418 e. The number of rotatable bonds is 7. The van der Waals surface area contributed by atoms with E-state index in [0.29, 0.717) is 11.0 Å². The summed E-state index contributed by atoms with van der Waals surface area (Å²) in [5.74, 6) is 0. The van der Waals surface area contributed by atoms with Gasteiger partial charge in [-0.2, -0.15) is 13.2 Å². The Balaban J connectivity index is 2.49. The SMILES string of the molecule is C/C=C(\C(=N/C(C)Nc1ccc(P(C)(C)=O)cc1)c1cccc(S(N)(=O)=O)c1)C(F)(F)F. The molecule has 6 nitrogen and oxygen atoms in total. The van der Waals surface area contributed by atoms with Crippen LogP contribution in [0.3, 0.4) is 0 Å². The predicted molar refractivity (Wildman–Crippen MR) is 123 cm³/mol. The molecule has 174 valence electrons. The molecule has 0 spiro atoms. The van der Waals surface area contributed by atoms with Crippen molar-refractivity contribution >= 4 is 33.9 Å². The first kappa shape index (κ1) is 25.8. The third-order valence-electron chi connectivity index (χ3n) is 4.47. The highest BCUT2D eigenvalue weighted by Gasteiger charge is 2.37. The van der Waals surface area contributed by atoms with Crippen molar-refractivity contribution in [3.05, 3.63) is 65.7 Å². The van der Waals surface area contributed by atoms with E-state index in [1.807, 2.05) is 0 Å². The number of primary sulfonamides is 1. The number of nitrogens with zero attached hydrogens (tertiary/aromatic N) is 1. The summed E-state index contributed by atoms with van der Waals surface area (Å²) >= 11 is 0. The van der Waals surface area contributed by atoms with Crippen molar-refractivity contribution in [3.8, 4) is 0 Å². The van der Waals surface area contributed by atoms with E-state index in [1.54, 1.807) is 44.5 Å². The molecule has 0 bridgehead atoms. The highest BCUT2D eigenvalue weighted by atomic mass is 32.2. The molecule has 0 radical (unpaired) electrons. The Morgan fingerprint density at radius 2 is 1.75 bits per heavy atom. The molecule has 1 unspecified atom stereocenters. The summed E-state index contributed by atoms with van der Waals surface area (Å²) in [5, 5.41) is 8.78. The molecule has 0 aromatic heterocycles. The third-order valence-corrected chi connectivity index (χ3v) is 6.93. The van der Waals surface area contributed by atoms with Crippen molar-refractivity contribution in [1.82, 2.24) is 0 Å². The lowest BCUT2D eigenvalue weighted by Gasteiger charge is -2.19. The number of benzene rings is 2. The number of anilines is 1. The molecule has 1 atom stereocenters. The first-order chi connectivity index (χ1) is 14.6. The summed E-state index contributed by atoms with van der Waals surface area (Å²) < 4.78 is 76.5. The summed E-state index contributed by atoms with van der Waals surface area (Å²) in [4.78, 5) is 3.88. The molecular weight excluding hydrogens is 462 g/mol. The van der Waals surface area contributed by atoms with E-state index in [-0.39, 0.29) is 10.5 Å². The first-order valence-corrected chi connectivity index (χ1v) is 13.6. The van der Waals surface area contributed by atoms with E-state index in [4.69, 9.17) is 5.14 Å². The number of halogens is 3. The summed E-state index contributed by atoms with van der Waals surface area (Å²) in [5.41, 5.74) is -0.895. The second-order valence-corrected chi connectivity index (χ2v) is 12.2. The zero-order valence-corrected chi connectivity index (χ0v) is 19.7. The van der Waals surface area contributed by atoms with Crippen LogP contribution < -0.4 is 15.8 Å². The number of sulfonamides is 1. The highest BCUT2D eigenvalue weighted by Crippen LogP contribution is 2.34. The molecule has 0 fully saturated rings. The summed E-state index contributed by atoms with van der Waals surface area (Å²) in [7, 11) is -6.55. The predicted octanol–water partition coefficient (Wildman–Crippen LogP) is 4.34. The lowest BCUT2D eigenvalue weighted by Crippen LogP contribution is -2.25. The molecule has 0 aliphatic carbocycles. The molecule has 0 saturated carbocycles. The van der Waals surface area contributed by atoms with Gasteiger partial charge in [0.2, 0.25) is 10.0 Å². The maximum atomic E-state index is 13.7. The number of nitrogens with two attached hydrogens (primary N) is 1. The highest BCUT2D eigenvalue weighted by molar-refractivity contribution is 7.89. The van der Waals surface area contributed by atoms with Crippen LogP contribution in [0.1, 0.15) is 19.4 Å². The van der Waals surface area contributed by atoms with E-state index in [2.05, 4.69) is 10.3 Å². The van der Waals surface area contributed by atoms with Crippen molar-refractivity contribution in [2.45, 2.75) is 31.1 Å². The van der Waals surface area contributed by atoms with Gasteiger partial charge in [0.15, 0.2) is 0 Å². The molecule has 2 aromatic carbocycles. The van der Waals surface area contributed by atoms with Gasteiger partial charge in [-0.05, 0) is 63.6 Å². The molecule has 0 heterocycles. The van der Waals surface area contributed by atoms with E-state index in [1.165, 1.54) is 25.1 Å². The third kappa shape index (κ3) is 6.79. The second-order valence-electron chi connectivity index (χ2n) is 7.47. The Kier molecular flexibility index (Phi) is 7.75. The van der Waals surface area contributed by atoms with Gasteiger partial charge in [0.05, 0.1) is 16.2 Å². The fourth-order valence-corrected chi connectivity index (χ4v) is 4.36. The van der Waals surface area contributed by atoms with Crippen molar-refractivity contribution in [2.24, 2.45) is 10.1 Å². The van der Waals surface area contributed by atoms with Crippen LogP contribution >= 0.6 is 7.14 Å². The van der Waals surface area contributed by atoms with Gasteiger partial charge in [0.25, 0.3) is 0 Å². The normalized spacial score (nSPS) is 14.9. The fourth-order valence-electron chi connectivity index (χ4n) is 2.94. The van der Waals surface area contributed by atoms with Gasteiger partial charge in [-0.3, -0.25) is 4.99 Å². The smallest absolute Gasteiger partial charge is 0.364 e. The molecular formula is C21H25F3N3O3PS. The minimum Gasteiger partial charge on any atom is -0.364 e. The van der Waals surface area contributed by atoms with Crippen LogP contribution in [0.15, 0.2) is 70.1 Å². The minimum absolute atomic E-state index is 0.0381. The molecule has 3 N–H and O–H groups in total. The topological polar surface area (TPSA) is 102 Å². The zero-order valence-electron chi connectivity index (χ0n) is 18.0. The lowest BCUT2D eigenvalue weighted by molar-refractivity contribution is -0.0861. The van der Waals surface area contributed by atoms with Gasteiger partial charge in [-0.25, -0.2) is 13.6 Å². The quantitative estimate of drug-likeness (QED) is 0.448. The van der Waals surface area contributed by atoms with Gasteiger partial charge in [-0.15, -0.1) is 0 Å². The van der Waals surface area contributed by atoms with Gasteiger partial charge in [0, 0.05) is 16.6 Å². The second kappa shape index (κ2) is 9.60. The first-order valence-electron chi connectivity index (χ1n) is 9.50. The van der Waals surface area contributed by atoms with Crippen molar-refractivity contribution < 1.29 is 26.2 Å². The van der Waals surface area contributed by atoms with Crippen LogP contribution in [0, 0.1) is 0 Å². The van der Waals surface area contributed by atoms with Gasteiger partial charge >= 0.3 is 6.18 Å². The number of aliphatic imine (C=N–C) groups is 1. The molecule has 0 aliphatic heterocycles.